The van der Waals surface area contributed by atoms with Gasteiger partial charge in [-0.1, -0.05) is 55.5 Å². The SMILES string of the molecule is CC[C@H](/C=C/c1ccccc1)OC(=O)c1ccccc1C(=O)O. The summed E-state index contributed by atoms with van der Waals surface area (Å²) in [6.07, 6.45) is 3.87. The van der Waals surface area contributed by atoms with E-state index in [1.807, 2.05) is 43.3 Å². The Morgan fingerprint density at radius 2 is 1.65 bits per heavy atom. The van der Waals surface area contributed by atoms with E-state index in [1.54, 1.807) is 18.2 Å². The largest absolute Gasteiger partial charge is 0.478 e. The molecular formula is C19H18O4. The van der Waals surface area contributed by atoms with Crippen molar-refractivity contribution < 1.29 is 19.4 Å². The minimum Gasteiger partial charge on any atom is -0.478 e. The molecule has 0 bridgehead atoms. The molecule has 0 saturated heterocycles. The Morgan fingerprint density at radius 3 is 2.26 bits per heavy atom. The lowest BCUT2D eigenvalue weighted by atomic mass is 10.1. The third-order valence-electron chi connectivity index (χ3n) is 3.34. The average Bonchev–Trinajstić information content (AvgIpc) is 2.59. The highest BCUT2D eigenvalue weighted by Crippen LogP contribution is 2.14. The summed E-state index contributed by atoms with van der Waals surface area (Å²) in [5.74, 6) is -1.78. The number of aromatic carboxylic acids is 1. The van der Waals surface area contributed by atoms with Crippen LogP contribution < -0.4 is 0 Å². The topological polar surface area (TPSA) is 63.6 Å². The van der Waals surface area contributed by atoms with E-state index in [9.17, 15) is 9.59 Å². The van der Waals surface area contributed by atoms with Crippen molar-refractivity contribution in [3.63, 3.8) is 0 Å². The predicted molar refractivity (Wildman–Crippen MR) is 88.4 cm³/mol. The third-order valence-corrected chi connectivity index (χ3v) is 3.34. The van der Waals surface area contributed by atoms with E-state index >= 15 is 0 Å². The molecule has 0 saturated carbocycles. The summed E-state index contributed by atoms with van der Waals surface area (Å²) in [5.41, 5.74) is 1.01. The highest BCUT2D eigenvalue weighted by atomic mass is 16.5. The molecule has 1 atom stereocenters. The van der Waals surface area contributed by atoms with Crippen LogP contribution in [0.1, 0.15) is 39.6 Å². The number of ether oxygens (including phenoxy) is 1. The van der Waals surface area contributed by atoms with Crippen LogP contribution in [0.4, 0.5) is 0 Å². The van der Waals surface area contributed by atoms with Crippen molar-refractivity contribution in [2.24, 2.45) is 0 Å². The van der Waals surface area contributed by atoms with Gasteiger partial charge in [-0.2, -0.15) is 0 Å². The van der Waals surface area contributed by atoms with Gasteiger partial charge in [0.25, 0.3) is 0 Å². The van der Waals surface area contributed by atoms with Crippen molar-refractivity contribution in [1.29, 1.82) is 0 Å². The lowest BCUT2D eigenvalue weighted by Gasteiger charge is -2.13. The van der Waals surface area contributed by atoms with Crippen LogP contribution in [0, 0.1) is 0 Å². The number of hydrogen-bond donors (Lipinski definition) is 1. The number of carbonyl (C=O) groups is 2. The van der Waals surface area contributed by atoms with Gasteiger partial charge in [-0.05, 0) is 30.2 Å². The summed E-state index contributed by atoms with van der Waals surface area (Å²) in [6, 6.07) is 15.7. The zero-order valence-corrected chi connectivity index (χ0v) is 12.8. The van der Waals surface area contributed by atoms with E-state index < -0.39 is 18.0 Å². The van der Waals surface area contributed by atoms with Gasteiger partial charge in [0.15, 0.2) is 0 Å². The van der Waals surface area contributed by atoms with Crippen LogP contribution in [0.3, 0.4) is 0 Å². The van der Waals surface area contributed by atoms with Crippen molar-refractivity contribution in [2.75, 3.05) is 0 Å². The fourth-order valence-electron chi connectivity index (χ4n) is 2.09. The number of rotatable bonds is 6. The van der Waals surface area contributed by atoms with Gasteiger partial charge < -0.3 is 9.84 Å². The molecule has 0 amide bonds. The van der Waals surface area contributed by atoms with Gasteiger partial charge in [0.05, 0.1) is 11.1 Å². The smallest absolute Gasteiger partial charge is 0.339 e. The van der Waals surface area contributed by atoms with Crippen molar-refractivity contribution >= 4 is 18.0 Å². The van der Waals surface area contributed by atoms with Crippen LogP contribution in [0.15, 0.2) is 60.7 Å². The van der Waals surface area contributed by atoms with E-state index in [2.05, 4.69) is 0 Å². The molecule has 0 spiro atoms. The van der Waals surface area contributed by atoms with Gasteiger partial charge in [-0.15, -0.1) is 0 Å². The van der Waals surface area contributed by atoms with Crippen molar-refractivity contribution in [3.05, 3.63) is 77.4 Å². The second-order valence-electron chi connectivity index (χ2n) is 4.97. The minimum atomic E-state index is -1.15. The van der Waals surface area contributed by atoms with Crippen LogP contribution in [0.5, 0.6) is 0 Å². The molecule has 0 aromatic heterocycles. The summed E-state index contributed by atoms with van der Waals surface area (Å²) >= 11 is 0. The van der Waals surface area contributed by atoms with Crippen molar-refractivity contribution in [2.45, 2.75) is 19.4 Å². The molecule has 0 aliphatic carbocycles. The molecule has 2 aromatic rings. The van der Waals surface area contributed by atoms with Gasteiger partial charge in [-0.25, -0.2) is 9.59 Å². The van der Waals surface area contributed by atoms with Crippen LogP contribution in [-0.4, -0.2) is 23.1 Å². The molecule has 2 rings (SSSR count). The molecule has 0 heterocycles. The number of carbonyl (C=O) groups excluding carboxylic acids is 1. The molecule has 4 heteroatoms. The molecule has 23 heavy (non-hydrogen) atoms. The Morgan fingerprint density at radius 1 is 1.04 bits per heavy atom. The second kappa shape index (κ2) is 7.94. The molecule has 0 unspecified atom stereocenters. The minimum absolute atomic E-state index is 0.0561. The quantitative estimate of drug-likeness (QED) is 0.818. The molecule has 0 fully saturated rings. The first-order chi connectivity index (χ1) is 11.1. The summed E-state index contributed by atoms with van der Waals surface area (Å²) in [4.78, 5) is 23.4. The van der Waals surface area contributed by atoms with Crippen LogP contribution in [-0.2, 0) is 4.74 Å². The van der Waals surface area contributed by atoms with Gasteiger partial charge in [0, 0.05) is 0 Å². The standard InChI is InChI=1S/C19H18O4/c1-2-15(13-12-14-8-4-3-5-9-14)23-19(22)17-11-7-6-10-16(17)18(20)21/h3-13,15H,2H2,1H3,(H,20,21)/b13-12+/t15-/m1/s1. The molecule has 0 aliphatic heterocycles. The van der Waals surface area contributed by atoms with Gasteiger partial charge in [0.1, 0.15) is 6.10 Å². The molecule has 118 valence electrons. The monoisotopic (exact) mass is 310 g/mol. The Bertz CT molecular complexity index is 704. The highest BCUT2D eigenvalue weighted by molar-refractivity contribution is 6.02. The first kappa shape index (κ1) is 16.5. The molecule has 1 N–H and O–H groups in total. The lowest BCUT2D eigenvalue weighted by Crippen LogP contribution is -2.18. The predicted octanol–water partition coefficient (Wildman–Crippen LogP) is 4.03. The van der Waals surface area contributed by atoms with Crippen LogP contribution >= 0.6 is 0 Å². The number of esters is 1. The van der Waals surface area contributed by atoms with E-state index in [0.29, 0.717) is 6.42 Å². The number of carboxylic acid groups (broad SMARTS) is 1. The zero-order valence-electron chi connectivity index (χ0n) is 12.8. The highest BCUT2D eigenvalue weighted by Gasteiger charge is 2.19. The summed E-state index contributed by atoms with van der Waals surface area (Å²) < 4.78 is 5.41. The second-order valence-corrected chi connectivity index (χ2v) is 4.97. The maximum Gasteiger partial charge on any atom is 0.339 e. The third kappa shape index (κ3) is 4.54. The average molecular weight is 310 g/mol. The van der Waals surface area contributed by atoms with Crippen molar-refractivity contribution in [3.8, 4) is 0 Å². The first-order valence-corrected chi connectivity index (χ1v) is 7.38. The molecule has 2 aromatic carbocycles. The summed E-state index contributed by atoms with van der Waals surface area (Å²) in [6.45, 7) is 1.90. The van der Waals surface area contributed by atoms with Crippen molar-refractivity contribution in [1.82, 2.24) is 0 Å². The zero-order chi connectivity index (χ0) is 16.7. The van der Waals surface area contributed by atoms with Gasteiger partial charge >= 0.3 is 11.9 Å². The summed E-state index contributed by atoms with van der Waals surface area (Å²) in [5, 5.41) is 9.14. The van der Waals surface area contributed by atoms with E-state index in [0.717, 1.165) is 5.56 Å². The normalized spacial score (nSPS) is 12.0. The lowest BCUT2D eigenvalue weighted by molar-refractivity contribution is 0.0383. The maximum absolute atomic E-state index is 12.2. The number of benzene rings is 2. The molecule has 0 radical (unpaired) electrons. The van der Waals surface area contributed by atoms with Crippen LogP contribution in [0.2, 0.25) is 0 Å². The first-order valence-electron chi connectivity index (χ1n) is 7.38. The van der Waals surface area contributed by atoms with E-state index in [4.69, 9.17) is 9.84 Å². The molecule has 4 nitrogen and oxygen atoms in total. The van der Waals surface area contributed by atoms with Gasteiger partial charge in [-0.3, -0.25) is 0 Å². The molecule has 0 aliphatic rings. The van der Waals surface area contributed by atoms with Gasteiger partial charge in [0.2, 0.25) is 0 Å². The Labute approximate surface area is 135 Å². The molecular weight excluding hydrogens is 292 g/mol. The van der Waals surface area contributed by atoms with Crippen LogP contribution in [0.25, 0.3) is 6.08 Å². The summed E-state index contributed by atoms with van der Waals surface area (Å²) in [7, 11) is 0. The maximum atomic E-state index is 12.2. The van der Waals surface area contributed by atoms with E-state index in [-0.39, 0.29) is 11.1 Å². The fraction of sp³-hybridized carbons (Fsp3) is 0.158. The number of carboxylic acids is 1. The number of hydrogen-bond acceptors (Lipinski definition) is 3. The fourth-order valence-corrected chi connectivity index (χ4v) is 2.09. The Balaban J connectivity index is 2.11. The van der Waals surface area contributed by atoms with E-state index in [1.165, 1.54) is 12.1 Å². The Kier molecular flexibility index (Phi) is 5.69. The Hall–Kier alpha value is -2.88.